The van der Waals surface area contributed by atoms with Gasteiger partial charge < -0.3 is 34.6 Å². The molecule has 3 atom stereocenters. The number of carboxylic acid groups (broad SMARTS) is 2. The molecular formula is C28H33ClN2O9. The summed E-state index contributed by atoms with van der Waals surface area (Å²) in [5.74, 6) is -3.52. The van der Waals surface area contributed by atoms with Crippen LogP contribution in [0.2, 0.25) is 5.02 Å². The number of para-hydroxylation sites is 1. The molecule has 0 saturated carbocycles. The Kier molecular flexibility index (Phi) is 9.65. The number of nitrogens with one attached hydrogen (secondary N) is 1. The summed E-state index contributed by atoms with van der Waals surface area (Å²) < 4.78 is 17.5. The Bertz CT molecular complexity index is 1290. The standard InChI is InChI=1S/C28H33ClN2O9/c1-28(2,3)14-31-19-10-9-15(29)11-17(19)24(16-7-6-8-20(38-4)25(16)39-5)40-21(26(31)35)13-22(32)30-18(27(36)37)12-23(33)34/h6-11,18,21,24H,12-14H2,1-5H3,(H,30,32)(H,33,34)(H,36,37)/t18-,21+,24+/m0/s1. The SMILES string of the molecule is COc1cccc([C@H]2O[C@H](CC(=O)N[C@@H](CC(=O)O)C(=O)O)C(=O)N(CC(C)(C)C)c3ccc(Cl)cc32)c1OC. The highest BCUT2D eigenvalue weighted by Gasteiger charge is 2.40. The van der Waals surface area contributed by atoms with E-state index in [0.717, 1.165) is 0 Å². The van der Waals surface area contributed by atoms with Crippen molar-refractivity contribution in [3.63, 3.8) is 0 Å². The summed E-state index contributed by atoms with van der Waals surface area (Å²) in [6.45, 7) is 6.13. The van der Waals surface area contributed by atoms with Gasteiger partial charge in [0.2, 0.25) is 5.91 Å². The normalized spacial score (nSPS) is 17.9. The van der Waals surface area contributed by atoms with E-state index in [1.807, 2.05) is 20.8 Å². The number of rotatable bonds is 10. The van der Waals surface area contributed by atoms with E-state index < -0.39 is 54.8 Å². The number of nitrogens with zero attached hydrogens (tertiary/aromatic N) is 1. The predicted molar refractivity (Wildman–Crippen MR) is 146 cm³/mol. The first-order chi connectivity index (χ1) is 18.7. The Hall–Kier alpha value is -3.83. The zero-order chi connectivity index (χ0) is 29.8. The average molecular weight is 577 g/mol. The van der Waals surface area contributed by atoms with Crippen LogP contribution < -0.4 is 19.7 Å². The Labute approximate surface area is 237 Å². The highest BCUT2D eigenvalue weighted by atomic mass is 35.5. The Balaban J connectivity index is 2.14. The first kappa shape index (κ1) is 30.7. The second-order valence-corrected chi connectivity index (χ2v) is 11.0. The smallest absolute Gasteiger partial charge is 0.326 e. The van der Waals surface area contributed by atoms with Crippen molar-refractivity contribution in [3.8, 4) is 11.5 Å². The number of ether oxygens (including phenoxy) is 3. The summed E-state index contributed by atoms with van der Waals surface area (Å²) in [6, 6.07) is 8.54. The number of aliphatic carboxylic acids is 2. The van der Waals surface area contributed by atoms with Crippen LogP contribution in [0, 0.1) is 5.41 Å². The fourth-order valence-electron chi connectivity index (χ4n) is 4.50. The second-order valence-electron chi connectivity index (χ2n) is 10.5. The molecule has 2 aromatic carbocycles. The monoisotopic (exact) mass is 576 g/mol. The van der Waals surface area contributed by atoms with E-state index in [1.54, 1.807) is 36.4 Å². The first-order valence-corrected chi connectivity index (χ1v) is 12.8. The lowest BCUT2D eigenvalue weighted by Gasteiger charge is -2.31. The van der Waals surface area contributed by atoms with E-state index in [1.165, 1.54) is 19.1 Å². The summed E-state index contributed by atoms with van der Waals surface area (Å²) in [4.78, 5) is 51.1. The Morgan fingerprint density at radius 3 is 2.38 bits per heavy atom. The van der Waals surface area contributed by atoms with Crippen LogP contribution in [0.25, 0.3) is 0 Å². The van der Waals surface area contributed by atoms with E-state index in [0.29, 0.717) is 33.3 Å². The van der Waals surface area contributed by atoms with E-state index >= 15 is 0 Å². The average Bonchev–Trinajstić information content (AvgIpc) is 2.96. The molecule has 0 fully saturated rings. The Morgan fingerprint density at radius 1 is 1.10 bits per heavy atom. The molecule has 0 unspecified atom stereocenters. The molecule has 216 valence electrons. The molecule has 2 aromatic rings. The van der Waals surface area contributed by atoms with E-state index in [2.05, 4.69) is 5.32 Å². The third-order valence-corrected chi connectivity index (χ3v) is 6.37. The van der Waals surface area contributed by atoms with Crippen molar-refractivity contribution in [1.82, 2.24) is 5.32 Å². The highest BCUT2D eigenvalue weighted by molar-refractivity contribution is 6.30. The zero-order valence-electron chi connectivity index (χ0n) is 22.9. The topological polar surface area (TPSA) is 152 Å². The van der Waals surface area contributed by atoms with Gasteiger partial charge in [-0.1, -0.05) is 44.5 Å². The van der Waals surface area contributed by atoms with Gasteiger partial charge in [-0.05, 0) is 29.7 Å². The van der Waals surface area contributed by atoms with Crippen LogP contribution in [0.15, 0.2) is 36.4 Å². The molecule has 3 rings (SSSR count). The van der Waals surface area contributed by atoms with E-state index in [9.17, 15) is 24.3 Å². The number of benzene rings is 2. The molecule has 0 aliphatic carbocycles. The number of anilines is 1. The number of carboxylic acids is 2. The fourth-order valence-corrected chi connectivity index (χ4v) is 4.68. The predicted octanol–water partition coefficient (Wildman–Crippen LogP) is 3.66. The molecule has 40 heavy (non-hydrogen) atoms. The van der Waals surface area contributed by atoms with Crippen molar-refractivity contribution in [2.75, 3.05) is 25.7 Å². The molecule has 0 saturated heterocycles. The van der Waals surface area contributed by atoms with Gasteiger partial charge in [-0.25, -0.2) is 4.79 Å². The van der Waals surface area contributed by atoms with Crippen LogP contribution in [0.4, 0.5) is 5.69 Å². The van der Waals surface area contributed by atoms with Gasteiger partial charge in [0.25, 0.3) is 5.91 Å². The number of fused-ring (bicyclic) bond motifs is 1. The number of methoxy groups -OCH3 is 2. The van der Waals surface area contributed by atoms with E-state index in [4.69, 9.17) is 30.9 Å². The molecule has 0 spiro atoms. The number of carbonyl (C=O) groups excluding carboxylic acids is 2. The molecular weight excluding hydrogens is 544 g/mol. The second kappa shape index (κ2) is 12.6. The van der Waals surface area contributed by atoms with Crippen molar-refractivity contribution in [2.45, 2.75) is 51.9 Å². The summed E-state index contributed by atoms with van der Waals surface area (Å²) in [5.41, 5.74) is 1.23. The van der Waals surface area contributed by atoms with Gasteiger partial charge >= 0.3 is 11.9 Å². The van der Waals surface area contributed by atoms with Crippen LogP contribution in [0.5, 0.6) is 11.5 Å². The molecule has 1 aliphatic rings. The van der Waals surface area contributed by atoms with Crippen LogP contribution >= 0.6 is 11.6 Å². The summed E-state index contributed by atoms with van der Waals surface area (Å²) in [6.07, 6.45) is -3.70. The lowest BCUT2D eigenvalue weighted by molar-refractivity contribution is -0.148. The van der Waals surface area contributed by atoms with Gasteiger partial charge in [-0.3, -0.25) is 14.4 Å². The van der Waals surface area contributed by atoms with Crippen LogP contribution in [0.3, 0.4) is 0 Å². The van der Waals surface area contributed by atoms with Crippen molar-refractivity contribution in [3.05, 3.63) is 52.5 Å². The number of halogens is 1. The minimum atomic E-state index is -1.68. The molecule has 0 bridgehead atoms. The summed E-state index contributed by atoms with van der Waals surface area (Å²) in [7, 11) is 2.95. The number of amides is 2. The van der Waals surface area contributed by atoms with Gasteiger partial charge in [0.05, 0.1) is 27.1 Å². The molecule has 0 aromatic heterocycles. The maximum absolute atomic E-state index is 14.0. The maximum Gasteiger partial charge on any atom is 0.326 e. The molecule has 11 nitrogen and oxygen atoms in total. The molecule has 12 heteroatoms. The summed E-state index contributed by atoms with van der Waals surface area (Å²) in [5, 5.41) is 21.0. The quantitative estimate of drug-likeness (QED) is 0.385. The minimum Gasteiger partial charge on any atom is -0.493 e. The minimum absolute atomic E-state index is 0.265. The first-order valence-electron chi connectivity index (χ1n) is 12.5. The van der Waals surface area contributed by atoms with Crippen molar-refractivity contribution >= 4 is 41.0 Å². The third-order valence-electron chi connectivity index (χ3n) is 6.14. The van der Waals surface area contributed by atoms with Crippen LogP contribution in [-0.4, -0.2) is 66.9 Å². The molecule has 2 amide bonds. The molecule has 0 radical (unpaired) electrons. The lowest BCUT2D eigenvalue weighted by atomic mass is 9.94. The van der Waals surface area contributed by atoms with Gasteiger partial charge in [-0.15, -0.1) is 0 Å². The maximum atomic E-state index is 14.0. The van der Waals surface area contributed by atoms with Gasteiger partial charge in [0, 0.05) is 28.4 Å². The fraction of sp³-hybridized carbons (Fsp3) is 0.429. The van der Waals surface area contributed by atoms with Crippen molar-refractivity contribution in [1.29, 1.82) is 0 Å². The van der Waals surface area contributed by atoms with Gasteiger partial charge in [0.15, 0.2) is 11.5 Å². The van der Waals surface area contributed by atoms with Crippen molar-refractivity contribution < 1.29 is 43.6 Å². The number of hydrogen-bond acceptors (Lipinski definition) is 7. The number of carbonyl (C=O) groups is 4. The van der Waals surface area contributed by atoms with Gasteiger partial charge in [-0.2, -0.15) is 0 Å². The Morgan fingerprint density at radius 2 is 1.80 bits per heavy atom. The van der Waals surface area contributed by atoms with Crippen molar-refractivity contribution in [2.24, 2.45) is 5.41 Å². The third kappa shape index (κ3) is 7.22. The highest BCUT2D eigenvalue weighted by Crippen LogP contribution is 2.45. The zero-order valence-corrected chi connectivity index (χ0v) is 23.7. The van der Waals surface area contributed by atoms with Crippen LogP contribution in [-0.2, 0) is 23.9 Å². The van der Waals surface area contributed by atoms with E-state index in [-0.39, 0.29) is 12.0 Å². The molecule has 1 aliphatic heterocycles. The number of hydrogen-bond donors (Lipinski definition) is 3. The lowest BCUT2D eigenvalue weighted by Crippen LogP contribution is -2.47. The van der Waals surface area contributed by atoms with Crippen LogP contribution in [0.1, 0.15) is 50.8 Å². The molecule has 1 heterocycles. The summed E-state index contributed by atoms with van der Waals surface area (Å²) >= 11 is 6.40. The molecule has 3 N–H and O–H groups in total. The van der Waals surface area contributed by atoms with Gasteiger partial charge in [0.1, 0.15) is 18.2 Å². The largest absolute Gasteiger partial charge is 0.493 e.